The van der Waals surface area contributed by atoms with Crippen LogP contribution >= 0.6 is 0 Å². The van der Waals surface area contributed by atoms with Crippen molar-refractivity contribution in [3.8, 4) is 5.75 Å². The lowest BCUT2D eigenvalue weighted by Crippen LogP contribution is -2.19. The third-order valence-corrected chi connectivity index (χ3v) is 5.28. The van der Waals surface area contributed by atoms with Crippen molar-refractivity contribution < 1.29 is 36.4 Å². The Morgan fingerprint density at radius 1 is 0.968 bits per heavy atom. The zero-order chi connectivity index (χ0) is 23.1. The van der Waals surface area contributed by atoms with Gasteiger partial charge in [-0.1, -0.05) is 31.4 Å². The number of unbranched alkanes of at least 4 members (excludes halogenated alkanes) is 3. The minimum absolute atomic E-state index is 0.186. The summed E-state index contributed by atoms with van der Waals surface area (Å²) >= 11 is 0. The van der Waals surface area contributed by atoms with Gasteiger partial charge in [0.05, 0.1) is 39.6 Å². The van der Waals surface area contributed by atoms with Crippen LogP contribution in [0.2, 0.25) is 0 Å². The van der Waals surface area contributed by atoms with Crippen LogP contribution in [0.1, 0.15) is 50.5 Å². The highest BCUT2D eigenvalue weighted by atomic mass is 32.2. The van der Waals surface area contributed by atoms with Crippen LogP contribution < -0.4 is 4.74 Å². The van der Waals surface area contributed by atoms with Crippen molar-refractivity contribution in [2.24, 2.45) is 5.92 Å². The van der Waals surface area contributed by atoms with Gasteiger partial charge in [-0.3, -0.25) is 13.8 Å². The van der Waals surface area contributed by atoms with Gasteiger partial charge in [0.1, 0.15) is 5.75 Å². The SMILES string of the molecule is COC(=O)CCCOc1cccc(CC(CCCCCCOS(C)(=O)=O)C(=O)OC)c1. The van der Waals surface area contributed by atoms with Gasteiger partial charge in [0.15, 0.2) is 0 Å². The van der Waals surface area contributed by atoms with Crippen molar-refractivity contribution in [1.82, 2.24) is 0 Å². The normalized spacial score (nSPS) is 12.2. The summed E-state index contributed by atoms with van der Waals surface area (Å²) in [4.78, 5) is 23.3. The summed E-state index contributed by atoms with van der Waals surface area (Å²) in [7, 11) is -0.641. The number of ether oxygens (including phenoxy) is 3. The molecule has 0 aliphatic carbocycles. The molecule has 1 unspecified atom stereocenters. The molecule has 0 saturated heterocycles. The zero-order valence-corrected chi connectivity index (χ0v) is 19.4. The molecule has 1 rings (SSSR count). The predicted octanol–water partition coefficient (Wildman–Crippen LogP) is 3.28. The molecule has 8 nitrogen and oxygen atoms in total. The maximum Gasteiger partial charge on any atom is 0.308 e. The molecule has 0 heterocycles. The van der Waals surface area contributed by atoms with Gasteiger partial charge in [0.2, 0.25) is 0 Å². The molecule has 0 bridgehead atoms. The van der Waals surface area contributed by atoms with E-state index in [2.05, 4.69) is 4.74 Å². The monoisotopic (exact) mass is 458 g/mol. The first-order valence-corrected chi connectivity index (χ1v) is 12.3. The van der Waals surface area contributed by atoms with E-state index in [0.717, 1.165) is 31.1 Å². The van der Waals surface area contributed by atoms with Crippen LogP contribution in [-0.2, 0) is 39.8 Å². The molecular formula is C22H34O8S. The Hall–Kier alpha value is -2.13. The number of carbonyl (C=O) groups is 2. The summed E-state index contributed by atoms with van der Waals surface area (Å²) in [5, 5.41) is 0. The van der Waals surface area contributed by atoms with Crippen molar-refractivity contribution in [1.29, 1.82) is 0 Å². The molecule has 0 fully saturated rings. The Bertz CT molecular complexity index is 775. The molecule has 1 atom stereocenters. The van der Waals surface area contributed by atoms with E-state index in [1.54, 1.807) is 0 Å². The molecular weight excluding hydrogens is 424 g/mol. The Kier molecular flexibility index (Phi) is 12.8. The number of hydrogen-bond acceptors (Lipinski definition) is 8. The number of benzene rings is 1. The topological polar surface area (TPSA) is 105 Å². The fraction of sp³-hybridized carbons (Fsp3) is 0.636. The Labute approximate surface area is 185 Å². The molecule has 9 heteroatoms. The first kappa shape index (κ1) is 26.9. The summed E-state index contributed by atoms with van der Waals surface area (Å²) in [6, 6.07) is 7.56. The summed E-state index contributed by atoms with van der Waals surface area (Å²) in [6.07, 6.45) is 6.34. The fourth-order valence-corrected chi connectivity index (χ4v) is 3.50. The highest BCUT2D eigenvalue weighted by Gasteiger charge is 2.19. The van der Waals surface area contributed by atoms with E-state index in [-0.39, 0.29) is 24.5 Å². The van der Waals surface area contributed by atoms with Crippen molar-refractivity contribution in [3.63, 3.8) is 0 Å². The fourth-order valence-electron chi connectivity index (χ4n) is 3.08. The number of hydrogen-bond donors (Lipinski definition) is 0. The smallest absolute Gasteiger partial charge is 0.308 e. The van der Waals surface area contributed by atoms with Crippen LogP contribution in [-0.4, -0.2) is 54.0 Å². The Morgan fingerprint density at radius 2 is 1.71 bits per heavy atom. The molecule has 0 aliphatic heterocycles. The van der Waals surface area contributed by atoms with Crippen LogP contribution in [0.3, 0.4) is 0 Å². The predicted molar refractivity (Wildman–Crippen MR) is 116 cm³/mol. The van der Waals surface area contributed by atoms with Gasteiger partial charge in [-0.05, 0) is 43.4 Å². The second-order valence-corrected chi connectivity index (χ2v) is 8.97. The van der Waals surface area contributed by atoms with Crippen LogP contribution in [0.4, 0.5) is 0 Å². The number of rotatable bonds is 16. The van der Waals surface area contributed by atoms with Gasteiger partial charge in [-0.15, -0.1) is 0 Å². The maximum atomic E-state index is 12.2. The molecule has 0 N–H and O–H groups in total. The second kappa shape index (κ2) is 14.8. The summed E-state index contributed by atoms with van der Waals surface area (Å²) in [5.41, 5.74) is 0.974. The summed E-state index contributed by atoms with van der Waals surface area (Å²) in [6.45, 7) is 0.591. The quantitative estimate of drug-likeness (QED) is 0.211. The van der Waals surface area contributed by atoms with Gasteiger partial charge in [-0.2, -0.15) is 8.42 Å². The molecule has 0 spiro atoms. The lowest BCUT2D eigenvalue weighted by atomic mass is 9.93. The van der Waals surface area contributed by atoms with Gasteiger partial charge >= 0.3 is 11.9 Å². The lowest BCUT2D eigenvalue weighted by Gasteiger charge is -2.15. The third-order valence-electron chi connectivity index (χ3n) is 4.68. The molecule has 1 aromatic rings. The molecule has 0 amide bonds. The van der Waals surface area contributed by atoms with Crippen molar-refractivity contribution >= 4 is 22.1 Å². The maximum absolute atomic E-state index is 12.2. The third kappa shape index (κ3) is 13.0. The molecule has 176 valence electrons. The van der Waals surface area contributed by atoms with Gasteiger partial charge in [0.25, 0.3) is 10.1 Å². The molecule has 0 saturated carbocycles. The van der Waals surface area contributed by atoms with E-state index in [1.165, 1.54) is 14.2 Å². The standard InChI is InChI=1S/C22H34O8S/c1-27-21(23)13-9-14-29-20-12-8-10-18(17-20)16-19(22(24)28-2)11-6-4-5-7-15-30-31(3,25)26/h8,10,12,17,19H,4-7,9,11,13-16H2,1-3H3. The molecule has 0 radical (unpaired) electrons. The van der Waals surface area contributed by atoms with E-state index in [0.29, 0.717) is 44.5 Å². The summed E-state index contributed by atoms with van der Waals surface area (Å²) < 4.78 is 41.8. The second-order valence-electron chi connectivity index (χ2n) is 7.33. The first-order chi connectivity index (χ1) is 14.7. The van der Waals surface area contributed by atoms with Crippen LogP contribution in [0.5, 0.6) is 5.75 Å². The van der Waals surface area contributed by atoms with Crippen molar-refractivity contribution in [2.75, 3.05) is 33.7 Å². The highest BCUT2D eigenvalue weighted by molar-refractivity contribution is 7.85. The molecule has 0 aromatic heterocycles. The lowest BCUT2D eigenvalue weighted by molar-refractivity contribution is -0.145. The van der Waals surface area contributed by atoms with Crippen molar-refractivity contribution in [3.05, 3.63) is 29.8 Å². The Morgan fingerprint density at radius 3 is 2.39 bits per heavy atom. The molecule has 1 aromatic carbocycles. The van der Waals surface area contributed by atoms with Gasteiger partial charge in [-0.25, -0.2) is 0 Å². The first-order valence-electron chi connectivity index (χ1n) is 10.5. The zero-order valence-electron chi connectivity index (χ0n) is 18.6. The minimum atomic E-state index is -3.39. The minimum Gasteiger partial charge on any atom is -0.494 e. The van der Waals surface area contributed by atoms with Gasteiger partial charge in [0, 0.05) is 6.42 Å². The summed E-state index contributed by atoms with van der Waals surface area (Å²) in [5.74, 6) is -0.0743. The number of esters is 2. The van der Waals surface area contributed by atoms with Gasteiger partial charge < -0.3 is 14.2 Å². The Balaban J connectivity index is 2.45. The average Bonchev–Trinajstić information content (AvgIpc) is 2.74. The van der Waals surface area contributed by atoms with E-state index in [1.807, 2.05) is 24.3 Å². The largest absolute Gasteiger partial charge is 0.494 e. The average molecular weight is 459 g/mol. The highest BCUT2D eigenvalue weighted by Crippen LogP contribution is 2.21. The number of methoxy groups -OCH3 is 2. The van der Waals surface area contributed by atoms with E-state index < -0.39 is 10.1 Å². The van der Waals surface area contributed by atoms with Crippen LogP contribution in [0.25, 0.3) is 0 Å². The van der Waals surface area contributed by atoms with E-state index in [4.69, 9.17) is 13.7 Å². The molecule has 31 heavy (non-hydrogen) atoms. The van der Waals surface area contributed by atoms with Crippen molar-refractivity contribution in [2.45, 2.75) is 51.4 Å². The van der Waals surface area contributed by atoms with Crippen LogP contribution in [0, 0.1) is 5.92 Å². The van der Waals surface area contributed by atoms with E-state index >= 15 is 0 Å². The molecule has 0 aliphatic rings. The number of carbonyl (C=O) groups excluding carboxylic acids is 2. The van der Waals surface area contributed by atoms with E-state index in [9.17, 15) is 18.0 Å². The van der Waals surface area contributed by atoms with Crippen LogP contribution in [0.15, 0.2) is 24.3 Å².